The maximum Gasteiger partial charge on any atom is 0.0693 e. The van der Waals surface area contributed by atoms with Crippen LogP contribution in [-0.2, 0) is 6.54 Å². The van der Waals surface area contributed by atoms with Gasteiger partial charge >= 0.3 is 0 Å². The fraction of sp³-hybridized carbons (Fsp3) is 0.769. The van der Waals surface area contributed by atoms with Crippen LogP contribution in [0, 0.1) is 6.92 Å². The van der Waals surface area contributed by atoms with Crippen LogP contribution in [0.15, 0.2) is 12.4 Å². The SMILES string of the molecule is Cc1cnn(CCNC2CCCCCC2O)c1. The van der Waals surface area contributed by atoms with E-state index in [0.29, 0.717) is 0 Å². The van der Waals surface area contributed by atoms with E-state index in [4.69, 9.17) is 0 Å². The van der Waals surface area contributed by atoms with Gasteiger partial charge in [-0.15, -0.1) is 0 Å². The number of hydrogen-bond acceptors (Lipinski definition) is 3. The predicted molar refractivity (Wildman–Crippen MR) is 67.8 cm³/mol. The van der Waals surface area contributed by atoms with Gasteiger partial charge in [0.1, 0.15) is 0 Å². The Bertz CT molecular complexity index is 337. The standard InChI is InChI=1S/C13H23N3O/c1-11-9-15-16(10-11)8-7-14-12-5-3-2-4-6-13(12)17/h9-10,12-14,17H,2-8H2,1H3. The van der Waals surface area contributed by atoms with Crippen LogP contribution >= 0.6 is 0 Å². The van der Waals surface area contributed by atoms with E-state index in [9.17, 15) is 5.11 Å². The van der Waals surface area contributed by atoms with E-state index in [1.165, 1.54) is 18.4 Å². The second kappa shape index (κ2) is 6.17. The maximum absolute atomic E-state index is 9.97. The van der Waals surface area contributed by atoms with E-state index in [1.807, 2.05) is 24.0 Å². The summed E-state index contributed by atoms with van der Waals surface area (Å²) in [6, 6.07) is 0.272. The normalized spacial score (nSPS) is 25.8. The van der Waals surface area contributed by atoms with Crippen LogP contribution in [-0.4, -0.2) is 33.6 Å². The van der Waals surface area contributed by atoms with Gasteiger partial charge in [0.15, 0.2) is 0 Å². The maximum atomic E-state index is 9.97. The summed E-state index contributed by atoms with van der Waals surface area (Å²) >= 11 is 0. The molecule has 0 aliphatic heterocycles. The molecule has 1 aliphatic carbocycles. The van der Waals surface area contributed by atoms with Crippen molar-refractivity contribution in [3.8, 4) is 0 Å². The Kier molecular flexibility index (Phi) is 4.57. The molecule has 1 heterocycles. The molecule has 2 unspecified atom stereocenters. The van der Waals surface area contributed by atoms with Crippen LogP contribution in [0.1, 0.15) is 37.7 Å². The van der Waals surface area contributed by atoms with Crippen molar-refractivity contribution in [2.24, 2.45) is 0 Å². The number of aryl methyl sites for hydroxylation is 1. The monoisotopic (exact) mass is 237 g/mol. The Labute approximate surface area is 103 Å². The first-order chi connectivity index (χ1) is 8.25. The Hall–Kier alpha value is -0.870. The first-order valence-electron chi connectivity index (χ1n) is 6.66. The minimum absolute atomic E-state index is 0.170. The molecule has 96 valence electrons. The third-order valence-corrected chi connectivity index (χ3v) is 3.49. The lowest BCUT2D eigenvalue weighted by atomic mass is 10.1. The Morgan fingerprint density at radius 2 is 2.24 bits per heavy atom. The van der Waals surface area contributed by atoms with E-state index in [-0.39, 0.29) is 12.1 Å². The zero-order valence-electron chi connectivity index (χ0n) is 10.6. The molecule has 1 aliphatic rings. The fourth-order valence-electron chi connectivity index (χ4n) is 2.48. The molecule has 1 fully saturated rings. The zero-order chi connectivity index (χ0) is 12.1. The van der Waals surface area contributed by atoms with Crippen molar-refractivity contribution < 1.29 is 5.11 Å². The van der Waals surface area contributed by atoms with E-state index in [2.05, 4.69) is 10.4 Å². The molecular weight excluding hydrogens is 214 g/mol. The van der Waals surface area contributed by atoms with Crippen molar-refractivity contribution >= 4 is 0 Å². The van der Waals surface area contributed by atoms with Gasteiger partial charge in [-0.3, -0.25) is 4.68 Å². The first kappa shape index (κ1) is 12.6. The number of aliphatic hydroxyl groups excluding tert-OH is 1. The highest BCUT2D eigenvalue weighted by Gasteiger charge is 2.20. The number of hydrogen-bond donors (Lipinski definition) is 2. The van der Waals surface area contributed by atoms with Gasteiger partial charge in [0.05, 0.1) is 18.8 Å². The van der Waals surface area contributed by atoms with Crippen LogP contribution in [0.3, 0.4) is 0 Å². The Morgan fingerprint density at radius 1 is 1.41 bits per heavy atom. The van der Waals surface area contributed by atoms with Crippen LogP contribution in [0.2, 0.25) is 0 Å². The number of aromatic nitrogens is 2. The lowest BCUT2D eigenvalue weighted by Gasteiger charge is -2.21. The minimum atomic E-state index is -0.170. The summed E-state index contributed by atoms with van der Waals surface area (Å²) in [5, 5.41) is 17.7. The summed E-state index contributed by atoms with van der Waals surface area (Å²) in [6.45, 7) is 3.80. The van der Waals surface area contributed by atoms with E-state index < -0.39 is 0 Å². The highest BCUT2D eigenvalue weighted by molar-refractivity contribution is 4.99. The summed E-state index contributed by atoms with van der Waals surface area (Å²) in [7, 11) is 0. The van der Waals surface area contributed by atoms with Gasteiger partial charge < -0.3 is 10.4 Å². The van der Waals surface area contributed by atoms with E-state index >= 15 is 0 Å². The average molecular weight is 237 g/mol. The van der Waals surface area contributed by atoms with Crippen molar-refractivity contribution in [1.82, 2.24) is 15.1 Å². The van der Waals surface area contributed by atoms with E-state index in [0.717, 1.165) is 32.4 Å². The molecule has 2 atom stereocenters. The molecule has 1 saturated carbocycles. The zero-order valence-corrected chi connectivity index (χ0v) is 10.6. The van der Waals surface area contributed by atoms with Crippen molar-refractivity contribution in [2.45, 2.75) is 57.7 Å². The fourth-order valence-corrected chi connectivity index (χ4v) is 2.48. The molecule has 0 bridgehead atoms. The molecule has 0 spiro atoms. The number of nitrogens with one attached hydrogen (secondary N) is 1. The van der Waals surface area contributed by atoms with Crippen molar-refractivity contribution in [2.75, 3.05) is 6.54 Å². The topological polar surface area (TPSA) is 50.1 Å². The van der Waals surface area contributed by atoms with Gasteiger partial charge in [-0.1, -0.05) is 19.3 Å². The summed E-state index contributed by atoms with van der Waals surface area (Å²) in [6.07, 6.45) is 9.45. The van der Waals surface area contributed by atoms with Gasteiger partial charge in [-0.05, 0) is 25.3 Å². The quantitative estimate of drug-likeness (QED) is 0.780. The molecule has 4 heteroatoms. The third-order valence-electron chi connectivity index (χ3n) is 3.49. The smallest absolute Gasteiger partial charge is 0.0693 e. The lowest BCUT2D eigenvalue weighted by molar-refractivity contribution is 0.119. The van der Waals surface area contributed by atoms with E-state index in [1.54, 1.807) is 0 Å². The highest BCUT2D eigenvalue weighted by Crippen LogP contribution is 2.17. The van der Waals surface area contributed by atoms with Crippen LogP contribution in [0.5, 0.6) is 0 Å². The number of aliphatic hydroxyl groups is 1. The molecule has 17 heavy (non-hydrogen) atoms. The van der Waals surface area contributed by atoms with Crippen molar-refractivity contribution in [3.63, 3.8) is 0 Å². The molecule has 2 rings (SSSR count). The van der Waals surface area contributed by atoms with Gasteiger partial charge in [-0.25, -0.2) is 0 Å². The second-order valence-electron chi connectivity index (χ2n) is 5.05. The van der Waals surface area contributed by atoms with Crippen molar-refractivity contribution in [1.29, 1.82) is 0 Å². The molecule has 1 aromatic rings. The van der Waals surface area contributed by atoms with Gasteiger partial charge in [0.25, 0.3) is 0 Å². The molecule has 0 radical (unpaired) electrons. The molecule has 0 aromatic carbocycles. The van der Waals surface area contributed by atoms with Gasteiger partial charge in [-0.2, -0.15) is 5.10 Å². The summed E-state index contributed by atoms with van der Waals surface area (Å²) in [4.78, 5) is 0. The minimum Gasteiger partial charge on any atom is -0.392 e. The molecule has 2 N–H and O–H groups in total. The first-order valence-corrected chi connectivity index (χ1v) is 6.66. The molecule has 1 aromatic heterocycles. The molecule has 4 nitrogen and oxygen atoms in total. The summed E-state index contributed by atoms with van der Waals surface area (Å²) in [5.41, 5.74) is 1.19. The lowest BCUT2D eigenvalue weighted by Crippen LogP contribution is -2.40. The second-order valence-corrected chi connectivity index (χ2v) is 5.05. The van der Waals surface area contributed by atoms with Crippen molar-refractivity contribution in [3.05, 3.63) is 18.0 Å². The predicted octanol–water partition coefficient (Wildman–Crippen LogP) is 1.47. The molecular formula is C13H23N3O. The van der Waals surface area contributed by atoms with Crippen LogP contribution in [0.25, 0.3) is 0 Å². The average Bonchev–Trinajstić information content (AvgIpc) is 2.61. The Balaban J connectivity index is 1.73. The molecule has 0 saturated heterocycles. The summed E-state index contributed by atoms with van der Waals surface area (Å²) < 4.78 is 1.95. The number of rotatable bonds is 4. The molecule has 0 amide bonds. The number of nitrogens with zero attached hydrogens (tertiary/aromatic N) is 2. The summed E-state index contributed by atoms with van der Waals surface area (Å²) in [5.74, 6) is 0. The largest absolute Gasteiger partial charge is 0.392 e. The third kappa shape index (κ3) is 3.82. The van der Waals surface area contributed by atoms with Crippen LogP contribution < -0.4 is 5.32 Å². The Morgan fingerprint density at radius 3 is 3.00 bits per heavy atom. The highest BCUT2D eigenvalue weighted by atomic mass is 16.3. The van der Waals surface area contributed by atoms with Gasteiger partial charge in [0.2, 0.25) is 0 Å². The van der Waals surface area contributed by atoms with Crippen LogP contribution in [0.4, 0.5) is 0 Å². The van der Waals surface area contributed by atoms with Gasteiger partial charge in [0, 0.05) is 18.8 Å².